The van der Waals surface area contributed by atoms with Crippen molar-refractivity contribution in [2.45, 2.75) is 13.5 Å². The summed E-state index contributed by atoms with van der Waals surface area (Å²) in [7, 11) is 1.78. The van der Waals surface area contributed by atoms with Crippen molar-refractivity contribution in [2.24, 2.45) is 0 Å². The van der Waals surface area contributed by atoms with E-state index in [-0.39, 0.29) is 5.91 Å². The fourth-order valence-corrected chi connectivity index (χ4v) is 2.60. The second kappa shape index (κ2) is 7.66. The number of hydrogen-bond acceptors (Lipinski definition) is 3. The third-order valence-electron chi connectivity index (χ3n) is 3.88. The number of carbonyl (C=O) groups is 1. The van der Waals surface area contributed by atoms with E-state index in [2.05, 4.69) is 10.2 Å². The molecule has 0 unspecified atom stereocenters. The molecule has 0 aliphatic rings. The summed E-state index contributed by atoms with van der Waals surface area (Å²) in [5.74, 6) is 0.741. The van der Waals surface area contributed by atoms with Crippen LogP contribution in [0.2, 0.25) is 0 Å². The lowest BCUT2D eigenvalue weighted by molar-refractivity contribution is 0.0779. The monoisotopic (exact) mass is 335 g/mol. The molecule has 0 fully saturated rings. The van der Waals surface area contributed by atoms with Crippen molar-refractivity contribution < 1.29 is 9.53 Å². The first-order valence-electron chi connectivity index (χ1n) is 8.25. The van der Waals surface area contributed by atoms with Crippen molar-refractivity contribution >= 4 is 5.91 Å². The number of nitrogens with zero attached hydrogens (tertiary/aromatic N) is 2. The maximum atomic E-state index is 12.6. The van der Waals surface area contributed by atoms with E-state index in [9.17, 15) is 4.79 Å². The smallest absolute Gasteiger partial charge is 0.271 e. The van der Waals surface area contributed by atoms with Crippen LogP contribution < -0.4 is 4.74 Å². The van der Waals surface area contributed by atoms with Gasteiger partial charge in [-0.2, -0.15) is 5.10 Å². The molecule has 0 saturated carbocycles. The minimum atomic E-state index is -0.0939. The lowest BCUT2D eigenvalue weighted by Crippen LogP contribution is -2.26. The SMILES string of the molecule is CCOc1ccc(CN(C)C(=O)c2cc(-c3ccccc3)n[nH]2)cc1. The highest BCUT2D eigenvalue weighted by atomic mass is 16.5. The number of aromatic nitrogens is 2. The summed E-state index contributed by atoms with van der Waals surface area (Å²) >= 11 is 0. The number of rotatable bonds is 6. The van der Waals surface area contributed by atoms with Gasteiger partial charge >= 0.3 is 0 Å². The molecular weight excluding hydrogens is 314 g/mol. The molecule has 128 valence electrons. The van der Waals surface area contributed by atoms with Crippen molar-refractivity contribution in [3.63, 3.8) is 0 Å². The molecule has 0 radical (unpaired) electrons. The van der Waals surface area contributed by atoms with E-state index in [1.807, 2.05) is 61.5 Å². The van der Waals surface area contributed by atoms with Gasteiger partial charge in [0.15, 0.2) is 0 Å². The molecule has 5 nitrogen and oxygen atoms in total. The predicted molar refractivity (Wildman–Crippen MR) is 97.4 cm³/mol. The molecule has 0 spiro atoms. The van der Waals surface area contributed by atoms with Crippen LogP contribution in [0.25, 0.3) is 11.3 Å². The van der Waals surface area contributed by atoms with Gasteiger partial charge in [-0.1, -0.05) is 42.5 Å². The zero-order valence-electron chi connectivity index (χ0n) is 14.4. The van der Waals surface area contributed by atoms with Crippen LogP contribution in [0.4, 0.5) is 0 Å². The van der Waals surface area contributed by atoms with Crippen molar-refractivity contribution in [2.75, 3.05) is 13.7 Å². The van der Waals surface area contributed by atoms with E-state index in [4.69, 9.17) is 4.74 Å². The minimum Gasteiger partial charge on any atom is -0.494 e. The van der Waals surface area contributed by atoms with Crippen LogP contribution in [-0.4, -0.2) is 34.7 Å². The number of nitrogens with one attached hydrogen (secondary N) is 1. The second-order valence-corrected chi connectivity index (χ2v) is 5.77. The Kier molecular flexibility index (Phi) is 5.14. The third kappa shape index (κ3) is 4.07. The molecule has 0 saturated heterocycles. The van der Waals surface area contributed by atoms with Crippen LogP contribution in [0.5, 0.6) is 5.75 Å². The Bertz CT molecular complexity index is 826. The first kappa shape index (κ1) is 16.8. The van der Waals surface area contributed by atoms with Crippen LogP contribution in [0.15, 0.2) is 60.7 Å². The van der Waals surface area contributed by atoms with Gasteiger partial charge in [0.2, 0.25) is 0 Å². The Balaban J connectivity index is 1.67. The summed E-state index contributed by atoms with van der Waals surface area (Å²) in [5, 5.41) is 7.08. The van der Waals surface area contributed by atoms with E-state index < -0.39 is 0 Å². The van der Waals surface area contributed by atoms with Crippen molar-refractivity contribution in [1.82, 2.24) is 15.1 Å². The Morgan fingerprint density at radius 3 is 2.52 bits per heavy atom. The van der Waals surface area contributed by atoms with Crippen LogP contribution in [-0.2, 0) is 6.54 Å². The highest BCUT2D eigenvalue weighted by Crippen LogP contribution is 2.18. The molecule has 3 aromatic rings. The predicted octanol–water partition coefficient (Wildman–Crippen LogP) is 3.75. The Morgan fingerprint density at radius 2 is 1.84 bits per heavy atom. The standard InChI is InChI=1S/C20H21N3O2/c1-3-25-17-11-9-15(10-12-17)14-23(2)20(24)19-13-18(21-22-19)16-7-5-4-6-8-16/h4-13H,3,14H2,1-2H3,(H,21,22). The number of amides is 1. The first-order chi connectivity index (χ1) is 12.2. The van der Waals surface area contributed by atoms with Gasteiger partial charge in [-0.3, -0.25) is 9.89 Å². The Labute approximate surface area is 147 Å². The van der Waals surface area contributed by atoms with Crippen LogP contribution in [0, 0.1) is 0 Å². The summed E-state index contributed by atoms with van der Waals surface area (Å²) in [6.45, 7) is 3.11. The maximum Gasteiger partial charge on any atom is 0.271 e. The van der Waals surface area contributed by atoms with Gasteiger partial charge in [0.25, 0.3) is 5.91 Å². The summed E-state index contributed by atoms with van der Waals surface area (Å²) in [4.78, 5) is 14.3. The molecule has 2 aromatic carbocycles. The van der Waals surface area contributed by atoms with Crippen LogP contribution >= 0.6 is 0 Å². The number of aromatic amines is 1. The zero-order chi connectivity index (χ0) is 17.6. The summed E-state index contributed by atoms with van der Waals surface area (Å²) < 4.78 is 5.43. The van der Waals surface area contributed by atoms with E-state index in [1.54, 1.807) is 18.0 Å². The van der Waals surface area contributed by atoms with Gasteiger partial charge < -0.3 is 9.64 Å². The molecule has 0 aliphatic carbocycles. The van der Waals surface area contributed by atoms with E-state index >= 15 is 0 Å². The fourth-order valence-electron chi connectivity index (χ4n) is 2.60. The van der Waals surface area contributed by atoms with Crippen molar-refractivity contribution in [1.29, 1.82) is 0 Å². The summed E-state index contributed by atoms with van der Waals surface area (Å²) in [6, 6.07) is 19.3. The average Bonchev–Trinajstić information content (AvgIpc) is 3.14. The summed E-state index contributed by atoms with van der Waals surface area (Å²) in [5.41, 5.74) is 3.26. The molecule has 0 bridgehead atoms. The van der Waals surface area contributed by atoms with Gasteiger partial charge in [-0.25, -0.2) is 0 Å². The van der Waals surface area contributed by atoms with E-state index in [0.29, 0.717) is 18.8 Å². The second-order valence-electron chi connectivity index (χ2n) is 5.77. The molecule has 25 heavy (non-hydrogen) atoms. The topological polar surface area (TPSA) is 58.2 Å². The molecule has 3 rings (SSSR count). The van der Waals surface area contributed by atoms with Crippen molar-refractivity contribution in [3.05, 3.63) is 71.9 Å². The Hall–Kier alpha value is -3.08. The first-order valence-corrected chi connectivity index (χ1v) is 8.25. The largest absolute Gasteiger partial charge is 0.494 e. The molecular formula is C20H21N3O2. The van der Waals surface area contributed by atoms with Crippen molar-refractivity contribution in [3.8, 4) is 17.0 Å². The van der Waals surface area contributed by atoms with Gasteiger partial charge in [0.1, 0.15) is 11.4 Å². The number of ether oxygens (including phenoxy) is 1. The highest BCUT2D eigenvalue weighted by Gasteiger charge is 2.15. The van der Waals surface area contributed by atoms with Gasteiger partial charge in [0.05, 0.1) is 12.3 Å². The van der Waals surface area contributed by atoms with Crippen LogP contribution in [0.1, 0.15) is 23.0 Å². The lowest BCUT2D eigenvalue weighted by atomic mass is 10.1. The molecule has 1 N–H and O–H groups in total. The molecule has 0 aliphatic heterocycles. The number of benzene rings is 2. The quantitative estimate of drug-likeness (QED) is 0.746. The van der Waals surface area contributed by atoms with Gasteiger partial charge in [-0.05, 0) is 30.7 Å². The zero-order valence-corrected chi connectivity index (χ0v) is 14.4. The highest BCUT2D eigenvalue weighted by molar-refractivity contribution is 5.93. The third-order valence-corrected chi connectivity index (χ3v) is 3.88. The van der Waals surface area contributed by atoms with E-state index in [0.717, 1.165) is 22.6 Å². The maximum absolute atomic E-state index is 12.6. The molecule has 5 heteroatoms. The van der Waals surface area contributed by atoms with Crippen LogP contribution in [0.3, 0.4) is 0 Å². The average molecular weight is 335 g/mol. The van der Waals surface area contributed by atoms with Gasteiger partial charge in [0, 0.05) is 19.2 Å². The lowest BCUT2D eigenvalue weighted by Gasteiger charge is -2.16. The molecule has 1 heterocycles. The normalized spacial score (nSPS) is 10.5. The van der Waals surface area contributed by atoms with Gasteiger partial charge in [-0.15, -0.1) is 0 Å². The molecule has 0 atom stereocenters. The number of hydrogen-bond donors (Lipinski definition) is 1. The minimum absolute atomic E-state index is 0.0939. The molecule has 1 aromatic heterocycles. The number of H-pyrrole nitrogens is 1. The number of carbonyl (C=O) groups excluding carboxylic acids is 1. The molecule has 1 amide bonds. The summed E-state index contributed by atoms with van der Waals surface area (Å²) in [6.07, 6.45) is 0. The van der Waals surface area contributed by atoms with E-state index in [1.165, 1.54) is 0 Å². The fraction of sp³-hybridized carbons (Fsp3) is 0.200. The Morgan fingerprint density at radius 1 is 1.12 bits per heavy atom.